The first-order valence-corrected chi connectivity index (χ1v) is 9.12. The number of amides is 1. The van der Waals surface area contributed by atoms with Gasteiger partial charge in [-0.15, -0.1) is 0 Å². The SMILES string of the molecule is Cc1cc(-n2c(C)cc(C(=O)N(CCC(=O)O)C[C@H]3CCCO3)c2C)no1. The molecule has 8 heteroatoms. The largest absolute Gasteiger partial charge is 0.481 e. The molecule has 0 saturated carbocycles. The monoisotopic (exact) mass is 375 g/mol. The van der Waals surface area contributed by atoms with Gasteiger partial charge < -0.3 is 19.3 Å². The van der Waals surface area contributed by atoms with Crippen LogP contribution >= 0.6 is 0 Å². The Hall–Kier alpha value is -2.61. The molecule has 8 nitrogen and oxygen atoms in total. The minimum atomic E-state index is -0.927. The van der Waals surface area contributed by atoms with Crippen LogP contribution in [-0.2, 0) is 9.53 Å². The van der Waals surface area contributed by atoms with Gasteiger partial charge in [0.05, 0.1) is 18.1 Å². The van der Waals surface area contributed by atoms with Crippen molar-refractivity contribution in [3.05, 3.63) is 34.8 Å². The number of carboxylic acids is 1. The summed E-state index contributed by atoms with van der Waals surface area (Å²) in [6.07, 6.45) is 1.71. The fourth-order valence-corrected chi connectivity index (χ4v) is 3.50. The summed E-state index contributed by atoms with van der Waals surface area (Å²) >= 11 is 0. The van der Waals surface area contributed by atoms with Gasteiger partial charge >= 0.3 is 5.97 Å². The van der Waals surface area contributed by atoms with Crippen LogP contribution in [-0.4, -0.2) is 57.4 Å². The van der Waals surface area contributed by atoms with Crippen LogP contribution in [0.1, 0.15) is 46.8 Å². The molecule has 2 aromatic heterocycles. The van der Waals surface area contributed by atoms with Crippen molar-refractivity contribution in [1.82, 2.24) is 14.6 Å². The van der Waals surface area contributed by atoms with Crippen LogP contribution in [0.2, 0.25) is 0 Å². The predicted octanol–water partition coefficient (Wildman–Crippen LogP) is 2.49. The molecule has 0 aliphatic carbocycles. The summed E-state index contributed by atoms with van der Waals surface area (Å²) in [6, 6.07) is 3.62. The number of aliphatic carboxylic acids is 1. The molecule has 0 aromatic carbocycles. The van der Waals surface area contributed by atoms with Crippen molar-refractivity contribution in [1.29, 1.82) is 0 Å². The van der Waals surface area contributed by atoms with E-state index in [1.54, 1.807) is 4.90 Å². The summed E-state index contributed by atoms with van der Waals surface area (Å²) in [5, 5.41) is 13.1. The molecule has 3 heterocycles. The van der Waals surface area contributed by atoms with Gasteiger partial charge in [-0.25, -0.2) is 0 Å². The fraction of sp³-hybridized carbons (Fsp3) is 0.526. The third-order valence-corrected chi connectivity index (χ3v) is 4.84. The Kier molecular flexibility index (Phi) is 5.65. The highest BCUT2D eigenvalue weighted by atomic mass is 16.5. The number of carboxylic acid groups (broad SMARTS) is 1. The molecule has 1 fully saturated rings. The molecule has 3 rings (SSSR count). The molecule has 0 unspecified atom stereocenters. The van der Waals surface area contributed by atoms with Gasteiger partial charge in [-0.05, 0) is 39.7 Å². The smallest absolute Gasteiger partial charge is 0.305 e. The lowest BCUT2D eigenvalue weighted by Crippen LogP contribution is -2.39. The van der Waals surface area contributed by atoms with Crippen molar-refractivity contribution in [2.45, 2.75) is 46.1 Å². The van der Waals surface area contributed by atoms with E-state index in [0.29, 0.717) is 30.3 Å². The number of rotatable bonds is 7. The molecule has 146 valence electrons. The molecule has 1 saturated heterocycles. The molecular formula is C19H25N3O5. The zero-order valence-corrected chi connectivity index (χ0v) is 15.9. The Balaban J connectivity index is 1.87. The minimum absolute atomic E-state index is 0.0376. The second-order valence-corrected chi connectivity index (χ2v) is 6.95. The highest BCUT2D eigenvalue weighted by Gasteiger charge is 2.27. The molecule has 1 amide bonds. The van der Waals surface area contributed by atoms with E-state index in [0.717, 1.165) is 24.2 Å². The van der Waals surface area contributed by atoms with Crippen molar-refractivity contribution >= 4 is 11.9 Å². The quantitative estimate of drug-likeness (QED) is 0.798. The van der Waals surface area contributed by atoms with Crippen molar-refractivity contribution in [3.63, 3.8) is 0 Å². The highest BCUT2D eigenvalue weighted by Crippen LogP contribution is 2.23. The van der Waals surface area contributed by atoms with Crippen molar-refractivity contribution in [3.8, 4) is 5.82 Å². The Morgan fingerprint density at radius 2 is 2.11 bits per heavy atom. The van der Waals surface area contributed by atoms with Gasteiger partial charge in [0.1, 0.15) is 5.76 Å². The van der Waals surface area contributed by atoms with Crippen molar-refractivity contribution < 1.29 is 24.0 Å². The average Bonchev–Trinajstić information content (AvgIpc) is 3.32. The van der Waals surface area contributed by atoms with Crippen LogP contribution in [0.5, 0.6) is 0 Å². The number of hydrogen-bond acceptors (Lipinski definition) is 5. The van der Waals surface area contributed by atoms with Gasteiger partial charge in [-0.2, -0.15) is 0 Å². The summed E-state index contributed by atoms with van der Waals surface area (Å²) in [5.74, 6) is 0.194. The Morgan fingerprint density at radius 3 is 2.70 bits per heavy atom. The zero-order valence-electron chi connectivity index (χ0n) is 15.9. The van der Waals surface area contributed by atoms with Crippen molar-refractivity contribution in [2.75, 3.05) is 19.7 Å². The normalized spacial score (nSPS) is 16.6. The molecule has 1 atom stereocenters. The van der Waals surface area contributed by atoms with E-state index in [9.17, 15) is 9.59 Å². The van der Waals surface area contributed by atoms with Gasteiger partial charge in [0, 0.05) is 37.2 Å². The summed E-state index contributed by atoms with van der Waals surface area (Å²) in [5.41, 5.74) is 2.15. The molecule has 1 aliphatic heterocycles. The van der Waals surface area contributed by atoms with Gasteiger partial charge in [0.25, 0.3) is 5.91 Å². The molecule has 0 bridgehead atoms. The third kappa shape index (κ3) is 4.21. The number of carbonyl (C=O) groups excluding carboxylic acids is 1. The van der Waals surface area contributed by atoms with Crippen LogP contribution in [0.25, 0.3) is 5.82 Å². The van der Waals surface area contributed by atoms with E-state index < -0.39 is 5.97 Å². The van der Waals surface area contributed by atoms with Crippen LogP contribution in [0.15, 0.2) is 16.7 Å². The van der Waals surface area contributed by atoms with E-state index in [4.69, 9.17) is 14.4 Å². The van der Waals surface area contributed by atoms with Crippen LogP contribution in [0.4, 0.5) is 0 Å². The number of aryl methyl sites for hydroxylation is 2. The number of carbonyl (C=O) groups is 2. The first-order chi connectivity index (χ1) is 12.9. The van der Waals surface area contributed by atoms with E-state index in [1.165, 1.54) is 0 Å². The van der Waals surface area contributed by atoms with Gasteiger partial charge in [0.2, 0.25) is 0 Å². The first-order valence-electron chi connectivity index (χ1n) is 9.12. The molecule has 0 spiro atoms. The van der Waals surface area contributed by atoms with E-state index in [1.807, 2.05) is 37.5 Å². The summed E-state index contributed by atoms with van der Waals surface area (Å²) in [4.78, 5) is 25.8. The standard InChI is InChI=1S/C19H25N3O5/c1-12-9-16(14(3)22(12)17-10-13(2)27-20-17)19(25)21(7-6-18(23)24)11-15-5-4-8-26-15/h9-10,15H,4-8,11H2,1-3H3,(H,23,24)/t15-/m1/s1. The lowest BCUT2D eigenvalue weighted by molar-refractivity contribution is -0.137. The zero-order chi connectivity index (χ0) is 19.6. The third-order valence-electron chi connectivity index (χ3n) is 4.84. The van der Waals surface area contributed by atoms with Crippen LogP contribution in [0.3, 0.4) is 0 Å². The number of aromatic nitrogens is 2. The lowest BCUT2D eigenvalue weighted by Gasteiger charge is -2.25. The summed E-state index contributed by atoms with van der Waals surface area (Å²) in [7, 11) is 0. The highest BCUT2D eigenvalue weighted by molar-refractivity contribution is 5.96. The average molecular weight is 375 g/mol. The first kappa shape index (κ1) is 19.2. The lowest BCUT2D eigenvalue weighted by atomic mass is 10.1. The van der Waals surface area contributed by atoms with Gasteiger partial charge in [-0.1, -0.05) is 5.16 Å². The molecule has 1 aliphatic rings. The summed E-state index contributed by atoms with van der Waals surface area (Å²) < 4.78 is 12.7. The number of ether oxygens (including phenoxy) is 1. The topological polar surface area (TPSA) is 97.8 Å². The second kappa shape index (κ2) is 7.96. The van der Waals surface area contributed by atoms with E-state index in [2.05, 4.69) is 5.16 Å². The van der Waals surface area contributed by atoms with E-state index >= 15 is 0 Å². The fourth-order valence-electron chi connectivity index (χ4n) is 3.50. The maximum Gasteiger partial charge on any atom is 0.305 e. The van der Waals surface area contributed by atoms with Gasteiger partial charge in [-0.3, -0.25) is 14.2 Å². The van der Waals surface area contributed by atoms with Gasteiger partial charge in [0.15, 0.2) is 5.82 Å². The van der Waals surface area contributed by atoms with Crippen LogP contribution < -0.4 is 0 Å². The van der Waals surface area contributed by atoms with E-state index in [-0.39, 0.29) is 25.0 Å². The molecular weight excluding hydrogens is 350 g/mol. The Labute approximate surface area is 157 Å². The molecule has 0 radical (unpaired) electrons. The minimum Gasteiger partial charge on any atom is -0.481 e. The molecule has 27 heavy (non-hydrogen) atoms. The van der Waals surface area contributed by atoms with Crippen molar-refractivity contribution in [2.24, 2.45) is 0 Å². The molecule has 2 aromatic rings. The van der Waals surface area contributed by atoms with Crippen LogP contribution in [0, 0.1) is 20.8 Å². The summed E-state index contributed by atoms with van der Waals surface area (Å²) in [6.45, 7) is 6.80. The Morgan fingerprint density at radius 1 is 1.33 bits per heavy atom. The Bertz CT molecular complexity index is 833. The number of hydrogen-bond donors (Lipinski definition) is 1. The predicted molar refractivity (Wildman–Crippen MR) is 97.2 cm³/mol. The molecule has 1 N–H and O–H groups in total. The number of nitrogens with zero attached hydrogens (tertiary/aromatic N) is 3. The second-order valence-electron chi connectivity index (χ2n) is 6.95. The maximum absolute atomic E-state index is 13.2. The maximum atomic E-state index is 13.2.